The summed E-state index contributed by atoms with van der Waals surface area (Å²) in [6, 6.07) is 13.1. The van der Waals surface area contributed by atoms with Crippen LogP contribution in [-0.2, 0) is 25.4 Å². The van der Waals surface area contributed by atoms with E-state index in [4.69, 9.17) is 9.47 Å². The maximum absolute atomic E-state index is 13.4. The van der Waals surface area contributed by atoms with Crippen LogP contribution in [0.5, 0.6) is 11.5 Å². The van der Waals surface area contributed by atoms with Gasteiger partial charge in [0.05, 0.1) is 36.0 Å². The monoisotopic (exact) mass is 447 g/mol. The third-order valence-corrected chi connectivity index (χ3v) is 6.38. The fourth-order valence-electron chi connectivity index (χ4n) is 4.70. The quantitative estimate of drug-likeness (QED) is 0.522. The molecule has 0 saturated heterocycles. The molecule has 8 nitrogen and oxygen atoms in total. The molecule has 2 aromatic carbocycles. The maximum atomic E-state index is 13.4. The number of hydrogen-bond acceptors (Lipinski definition) is 5. The van der Waals surface area contributed by atoms with Crippen LogP contribution >= 0.6 is 0 Å². The summed E-state index contributed by atoms with van der Waals surface area (Å²) in [5, 5.41) is 10.5. The molecule has 5 rings (SSSR count). The summed E-state index contributed by atoms with van der Waals surface area (Å²) in [6.07, 6.45) is -0.548. The molecule has 0 amide bonds. The van der Waals surface area contributed by atoms with E-state index in [1.165, 1.54) is 18.7 Å². The number of ether oxygens (including phenoxy) is 2. The minimum absolute atomic E-state index is 0.0268. The molecule has 1 atom stereocenters. The SMILES string of the molecule is COc1cc(C2OCCn3c(-c4ccc(C)cc4)c4c(=O)n(C)c(=O)n(C)c4c32)ccc1O. The average Bonchev–Trinajstić information content (AvgIpc) is 3.18. The number of benzene rings is 2. The lowest BCUT2D eigenvalue weighted by molar-refractivity contribution is 0.0477. The van der Waals surface area contributed by atoms with Gasteiger partial charge in [0.15, 0.2) is 11.5 Å². The number of aromatic hydroxyl groups is 1. The van der Waals surface area contributed by atoms with Crippen molar-refractivity contribution in [2.24, 2.45) is 14.1 Å². The van der Waals surface area contributed by atoms with Crippen molar-refractivity contribution in [3.8, 4) is 22.8 Å². The van der Waals surface area contributed by atoms with Crippen molar-refractivity contribution in [1.29, 1.82) is 0 Å². The molecule has 4 aromatic rings. The van der Waals surface area contributed by atoms with Crippen LogP contribution in [0.1, 0.15) is 22.9 Å². The molecule has 0 saturated carbocycles. The van der Waals surface area contributed by atoms with Gasteiger partial charge in [-0.3, -0.25) is 13.9 Å². The van der Waals surface area contributed by atoms with Crippen molar-refractivity contribution in [3.63, 3.8) is 0 Å². The molecule has 2 aromatic heterocycles. The van der Waals surface area contributed by atoms with Crippen LogP contribution in [0.2, 0.25) is 0 Å². The Morgan fingerprint density at radius 3 is 2.48 bits per heavy atom. The first-order chi connectivity index (χ1) is 15.8. The number of hydrogen-bond donors (Lipinski definition) is 1. The molecule has 8 heteroatoms. The first-order valence-electron chi connectivity index (χ1n) is 10.7. The van der Waals surface area contributed by atoms with Gasteiger partial charge in [0.1, 0.15) is 6.10 Å². The molecule has 170 valence electrons. The number of fused-ring (bicyclic) bond motifs is 3. The molecule has 1 N–H and O–H groups in total. The standard InChI is InChI=1S/C25H25N3O5/c1-14-5-7-15(8-6-14)20-19-21(26(2)25(31)27(3)24(19)30)22-23(33-12-11-28(20)22)16-9-10-17(29)18(13-16)32-4/h5-10,13,23,29H,11-12H2,1-4H3. The van der Waals surface area contributed by atoms with Crippen molar-refractivity contribution < 1.29 is 14.6 Å². The summed E-state index contributed by atoms with van der Waals surface area (Å²) in [5.41, 5.74) is 4.09. The van der Waals surface area contributed by atoms with Crippen molar-refractivity contribution in [2.75, 3.05) is 13.7 Å². The summed E-state index contributed by atoms with van der Waals surface area (Å²) < 4.78 is 16.2. The van der Waals surface area contributed by atoms with Crippen molar-refractivity contribution in [1.82, 2.24) is 13.7 Å². The van der Waals surface area contributed by atoms with Gasteiger partial charge in [-0.1, -0.05) is 35.9 Å². The second-order valence-corrected chi connectivity index (χ2v) is 8.36. The van der Waals surface area contributed by atoms with E-state index in [1.54, 1.807) is 25.2 Å². The average molecular weight is 447 g/mol. The molecule has 1 aliphatic heterocycles. The summed E-state index contributed by atoms with van der Waals surface area (Å²) in [4.78, 5) is 26.3. The van der Waals surface area contributed by atoms with E-state index in [2.05, 4.69) is 4.57 Å². The Morgan fingerprint density at radius 1 is 1.06 bits per heavy atom. The Balaban J connectivity index is 1.91. The van der Waals surface area contributed by atoms with Crippen LogP contribution in [0.4, 0.5) is 0 Å². The molecule has 33 heavy (non-hydrogen) atoms. The van der Waals surface area contributed by atoms with Gasteiger partial charge in [-0.2, -0.15) is 0 Å². The number of phenolic OH excluding ortho intramolecular Hbond substituents is 1. The van der Waals surface area contributed by atoms with E-state index < -0.39 is 11.8 Å². The predicted molar refractivity (Wildman–Crippen MR) is 125 cm³/mol. The van der Waals surface area contributed by atoms with Gasteiger partial charge in [0.25, 0.3) is 5.56 Å². The van der Waals surface area contributed by atoms with E-state index in [-0.39, 0.29) is 11.3 Å². The van der Waals surface area contributed by atoms with E-state index >= 15 is 0 Å². The van der Waals surface area contributed by atoms with Gasteiger partial charge in [-0.25, -0.2) is 4.79 Å². The third-order valence-electron chi connectivity index (χ3n) is 6.38. The molecule has 1 unspecified atom stereocenters. The topological polar surface area (TPSA) is 87.6 Å². The van der Waals surface area contributed by atoms with Gasteiger partial charge >= 0.3 is 5.69 Å². The highest BCUT2D eigenvalue weighted by Crippen LogP contribution is 2.42. The number of aryl methyl sites for hydroxylation is 2. The number of phenols is 1. The molecule has 3 heterocycles. The summed E-state index contributed by atoms with van der Waals surface area (Å²) >= 11 is 0. The largest absolute Gasteiger partial charge is 0.504 e. The highest BCUT2D eigenvalue weighted by Gasteiger charge is 2.33. The van der Waals surface area contributed by atoms with Crippen LogP contribution in [-0.4, -0.2) is 32.5 Å². The summed E-state index contributed by atoms with van der Waals surface area (Å²) in [5.74, 6) is 0.353. The first-order valence-corrected chi connectivity index (χ1v) is 10.7. The number of rotatable bonds is 3. The second-order valence-electron chi connectivity index (χ2n) is 8.36. The normalized spacial score (nSPS) is 15.6. The van der Waals surface area contributed by atoms with Gasteiger partial charge in [-0.05, 0) is 30.2 Å². The zero-order valence-electron chi connectivity index (χ0n) is 19.0. The predicted octanol–water partition coefficient (Wildman–Crippen LogP) is 2.85. The van der Waals surface area contributed by atoms with Gasteiger partial charge < -0.3 is 19.1 Å². The highest BCUT2D eigenvalue weighted by atomic mass is 16.5. The third kappa shape index (κ3) is 3.09. The van der Waals surface area contributed by atoms with Crippen molar-refractivity contribution in [2.45, 2.75) is 19.6 Å². The van der Waals surface area contributed by atoms with Crippen LogP contribution in [0.15, 0.2) is 52.1 Å². The molecule has 0 fully saturated rings. The van der Waals surface area contributed by atoms with Crippen LogP contribution in [0.3, 0.4) is 0 Å². The smallest absolute Gasteiger partial charge is 0.331 e. The van der Waals surface area contributed by atoms with E-state index in [0.29, 0.717) is 29.8 Å². The molecular formula is C25H25N3O5. The lowest BCUT2D eigenvalue weighted by Crippen LogP contribution is -2.37. The Bertz CT molecular complexity index is 1510. The van der Waals surface area contributed by atoms with Crippen molar-refractivity contribution >= 4 is 10.9 Å². The first kappa shape index (κ1) is 21.1. The molecule has 0 bridgehead atoms. The minimum atomic E-state index is -0.548. The lowest BCUT2D eigenvalue weighted by atomic mass is 10.0. The van der Waals surface area contributed by atoms with Crippen LogP contribution in [0, 0.1) is 6.92 Å². The Kier molecular flexibility index (Phi) is 4.90. The van der Waals surface area contributed by atoms with E-state index in [0.717, 1.165) is 32.6 Å². The highest BCUT2D eigenvalue weighted by molar-refractivity contribution is 5.96. The molecule has 0 spiro atoms. The Morgan fingerprint density at radius 2 is 1.79 bits per heavy atom. The summed E-state index contributed by atoms with van der Waals surface area (Å²) in [7, 11) is 4.66. The minimum Gasteiger partial charge on any atom is -0.504 e. The number of nitrogens with zero attached hydrogens (tertiary/aromatic N) is 3. The molecule has 0 aliphatic carbocycles. The Hall–Kier alpha value is -3.78. The molecule has 0 radical (unpaired) electrons. The molecular weight excluding hydrogens is 422 g/mol. The fraction of sp³-hybridized carbons (Fsp3) is 0.280. The number of aromatic nitrogens is 3. The van der Waals surface area contributed by atoms with Gasteiger partial charge in [0.2, 0.25) is 0 Å². The summed E-state index contributed by atoms with van der Waals surface area (Å²) in [6.45, 7) is 2.98. The fourth-order valence-corrected chi connectivity index (χ4v) is 4.70. The lowest BCUT2D eigenvalue weighted by Gasteiger charge is -2.28. The molecule has 1 aliphatic rings. The van der Waals surface area contributed by atoms with Crippen LogP contribution in [0.25, 0.3) is 22.2 Å². The van der Waals surface area contributed by atoms with Gasteiger partial charge in [0, 0.05) is 20.6 Å². The van der Waals surface area contributed by atoms with Crippen molar-refractivity contribution in [3.05, 3.63) is 80.1 Å². The zero-order valence-corrected chi connectivity index (χ0v) is 19.0. The maximum Gasteiger partial charge on any atom is 0.331 e. The van der Waals surface area contributed by atoms with E-state index in [9.17, 15) is 14.7 Å². The van der Waals surface area contributed by atoms with E-state index in [1.807, 2.05) is 31.2 Å². The zero-order chi connectivity index (χ0) is 23.4. The number of methoxy groups -OCH3 is 1. The Labute approximate surface area is 189 Å². The second kappa shape index (κ2) is 7.67. The van der Waals surface area contributed by atoms with Crippen LogP contribution < -0.4 is 16.0 Å². The van der Waals surface area contributed by atoms with Gasteiger partial charge in [-0.15, -0.1) is 0 Å².